The largest absolute Gasteiger partial charge is 0.488 e. The van der Waals surface area contributed by atoms with Crippen molar-refractivity contribution in [3.05, 3.63) is 29.8 Å². The van der Waals surface area contributed by atoms with Gasteiger partial charge in [0.05, 0.1) is 0 Å². The lowest BCUT2D eigenvalue weighted by Gasteiger charge is -2.23. The summed E-state index contributed by atoms with van der Waals surface area (Å²) in [5, 5.41) is 3.91. The summed E-state index contributed by atoms with van der Waals surface area (Å²) in [7, 11) is 0. The van der Waals surface area contributed by atoms with Crippen LogP contribution in [0.15, 0.2) is 24.3 Å². The predicted octanol–water partition coefficient (Wildman–Crippen LogP) is 3.52. The van der Waals surface area contributed by atoms with Gasteiger partial charge in [0.2, 0.25) is 0 Å². The van der Waals surface area contributed by atoms with Gasteiger partial charge in [-0.25, -0.2) is 0 Å². The van der Waals surface area contributed by atoms with Gasteiger partial charge >= 0.3 is 0 Å². The Bertz CT molecular complexity index is 398. The molecule has 0 amide bonds. The molecule has 1 N–H and O–H groups in total. The molecule has 1 aliphatic heterocycles. The van der Waals surface area contributed by atoms with E-state index in [1.54, 1.807) is 0 Å². The fraction of sp³-hybridized carbons (Fsp3) is 0.625. The highest BCUT2D eigenvalue weighted by molar-refractivity contribution is 6.21. The van der Waals surface area contributed by atoms with E-state index in [4.69, 9.17) is 16.3 Å². The highest BCUT2D eigenvalue weighted by Gasteiger charge is 2.26. The summed E-state index contributed by atoms with van der Waals surface area (Å²) < 4.78 is 5.96. The van der Waals surface area contributed by atoms with Gasteiger partial charge in [-0.2, -0.15) is 0 Å². The van der Waals surface area contributed by atoms with Crippen LogP contribution in [-0.4, -0.2) is 24.1 Å². The first-order valence-electron chi connectivity index (χ1n) is 7.45. The van der Waals surface area contributed by atoms with Crippen LogP contribution < -0.4 is 10.1 Å². The fourth-order valence-electron chi connectivity index (χ4n) is 3.14. The Morgan fingerprint density at radius 3 is 2.89 bits per heavy atom. The Morgan fingerprint density at radius 2 is 2.00 bits per heavy atom. The number of fused-ring (bicyclic) bond motifs is 1. The maximum absolute atomic E-state index is 6.46. The normalized spacial score (nSPS) is 30.5. The van der Waals surface area contributed by atoms with Crippen molar-refractivity contribution in [3.8, 4) is 5.75 Å². The van der Waals surface area contributed by atoms with E-state index in [-0.39, 0.29) is 11.5 Å². The third-order valence-electron chi connectivity index (χ3n) is 4.25. The number of hydrogen-bond acceptors (Lipinski definition) is 2. The summed E-state index contributed by atoms with van der Waals surface area (Å²) in [6, 6.07) is 8.79. The molecule has 0 bridgehead atoms. The van der Waals surface area contributed by atoms with Gasteiger partial charge in [-0.1, -0.05) is 37.5 Å². The minimum atomic E-state index is 0.268. The Labute approximate surface area is 120 Å². The number of alkyl halides is 1. The Kier molecular flexibility index (Phi) is 4.29. The van der Waals surface area contributed by atoms with E-state index in [2.05, 4.69) is 23.5 Å². The SMILES string of the molecule is ClC1CCCCCC1NCC1Cc2ccccc2O1. The van der Waals surface area contributed by atoms with Crippen LogP contribution >= 0.6 is 11.6 Å². The lowest BCUT2D eigenvalue weighted by molar-refractivity contribution is 0.219. The first kappa shape index (κ1) is 13.3. The Balaban J connectivity index is 1.51. The number of halogens is 1. The second-order valence-corrected chi connectivity index (χ2v) is 6.28. The van der Waals surface area contributed by atoms with Gasteiger partial charge in [0.15, 0.2) is 0 Å². The monoisotopic (exact) mass is 279 g/mol. The molecule has 2 aliphatic rings. The van der Waals surface area contributed by atoms with Gasteiger partial charge in [0, 0.05) is 24.4 Å². The summed E-state index contributed by atoms with van der Waals surface area (Å²) in [5.41, 5.74) is 1.33. The fourth-order valence-corrected chi connectivity index (χ4v) is 3.51. The minimum Gasteiger partial charge on any atom is -0.488 e. The molecular weight excluding hydrogens is 258 g/mol. The van der Waals surface area contributed by atoms with E-state index in [1.807, 2.05) is 6.07 Å². The van der Waals surface area contributed by atoms with Gasteiger partial charge < -0.3 is 10.1 Å². The van der Waals surface area contributed by atoms with Crippen LogP contribution in [0.25, 0.3) is 0 Å². The standard InChI is InChI=1S/C16H22ClNO/c17-14-7-2-1-3-8-15(14)18-11-13-10-12-6-4-5-9-16(12)19-13/h4-6,9,13-15,18H,1-3,7-8,10-11H2. The number of rotatable bonds is 3. The third-order valence-corrected chi connectivity index (χ3v) is 4.78. The number of benzene rings is 1. The molecule has 1 aromatic carbocycles. The van der Waals surface area contributed by atoms with Gasteiger partial charge in [0.1, 0.15) is 11.9 Å². The average molecular weight is 280 g/mol. The molecule has 1 heterocycles. The molecule has 19 heavy (non-hydrogen) atoms. The van der Waals surface area contributed by atoms with E-state index in [9.17, 15) is 0 Å². The van der Waals surface area contributed by atoms with Crippen LogP contribution in [0.4, 0.5) is 0 Å². The summed E-state index contributed by atoms with van der Waals surface area (Å²) in [5.74, 6) is 1.05. The van der Waals surface area contributed by atoms with Crippen LogP contribution in [0, 0.1) is 0 Å². The lowest BCUT2D eigenvalue weighted by Crippen LogP contribution is -2.41. The second kappa shape index (κ2) is 6.15. The minimum absolute atomic E-state index is 0.268. The van der Waals surface area contributed by atoms with Gasteiger partial charge in [-0.05, 0) is 24.5 Å². The van der Waals surface area contributed by atoms with Crippen molar-refractivity contribution < 1.29 is 4.74 Å². The van der Waals surface area contributed by atoms with E-state index < -0.39 is 0 Å². The quantitative estimate of drug-likeness (QED) is 0.675. The highest BCUT2D eigenvalue weighted by Crippen LogP contribution is 2.28. The zero-order chi connectivity index (χ0) is 13.1. The maximum atomic E-state index is 6.46. The number of para-hydroxylation sites is 1. The molecule has 1 aromatic rings. The number of hydrogen-bond donors (Lipinski definition) is 1. The van der Waals surface area contributed by atoms with Crippen LogP contribution in [0.2, 0.25) is 0 Å². The van der Waals surface area contributed by atoms with Crippen molar-refractivity contribution >= 4 is 11.6 Å². The smallest absolute Gasteiger partial charge is 0.123 e. The molecule has 0 spiro atoms. The molecule has 104 valence electrons. The first-order valence-corrected chi connectivity index (χ1v) is 7.88. The lowest BCUT2D eigenvalue weighted by atomic mass is 10.1. The Morgan fingerprint density at radius 1 is 1.16 bits per heavy atom. The molecular formula is C16H22ClNO. The zero-order valence-electron chi connectivity index (χ0n) is 11.3. The van der Waals surface area contributed by atoms with Crippen molar-refractivity contribution in [3.63, 3.8) is 0 Å². The van der Waals surface area contributed by atoms with E-state index in [1.165, 1.54) is 31.2 Å². The molecule has 2 nitrogen and oxygen atoms in total. The topological polar surface area (TPSA) is 21.3 Å². The van der Waals surface area contributed by atoms with Crippen molar-refractivity contribution in [2.75, 3.05) is 6.54 Å². The van der Waals surface area contributed by atoms with Crippen LogP contribution in [0.5, 0.6) is 5.75 Å². The second-order valence-electron chi connectivity index (χ2n) is 5.72. The van der Waals surface area contributed by atoms with Crippen LogP contribution in [-0.2, 0) is 6.42 Å². The van der Waals surface area contributed by atoms with Crippen molar-refractivity contribution in [1.29, 1.82) is 0 Å². The molecule has 3 rings (SSSR count). The van der Waals surface area contributed by atoms with E-state index in [0.29, 0.717) is 6.04 Å². The molecule has 0 radical (unpaired) electrons. The van der Waals surface area contributed by atoms with Crippen molar-refractivity contribution in [2.24, 2.45) is 0 Å². The molecule has 3 unspecified atom stereocenters. The molecule has 1 saturated carbocycles. The number of ether oxygens (including phenoxy) is 1. The van der Waals surface area contributed by atoms with E-state index in [0.717, 1.165) is 25.1 Å². The van der Waals surface area contributed by atoms with Gasteiger partial charge in [-0.15, -0.1) is 11.6 Å². The zero-order valence-corrected chi connectivity index (χ0v) is 12.0. The first-order chi connectivity index (χ1) is 9.33. The molecule has 1 aliphatic carbocycles. The summed E-state index contributed by atoms with van der Waals surface area (Å²) >= 11 is 6.46. The van der Waals surface area contributed by atoms with E-state index >= 15 is 0 Å². The summed E-state index contributed by atoms with van der Waals surface area (Å²) in [6.07, 6.45) is 7.53. The van der Waals surface area contributed by atoms with Crippen molar-refractivity contribution in [1.82, 2.24) is 5.32 Å². The third kappa shape index (κ3) is 3.24. The summed E-state index contributed by atoms with van der Waals surface area (Å²) in [4.78, 5) is 0. The summed E-state index contributed by atoms with van der Waals surface area (Å²) in [6.45, 7) is 0.905. The maximum Gasteiger partial charge on any atom is 0.123 e. The molecule has 0 saturated heterocycles. The van der Waals surface area contributed by atoms with Gasteiger partial charge in [-0.3, -0.25) is 0 Å². The van der Waals surface area contributed by atoms with Gasteiger partial charge in [0.25, 0.3) is 0 Å². The van der Waals surface area contributed by atoms with Crippen LogP contribution in [0.3, 0.4) is 0 Å². The van der Waals surface area contributed by atoms with Crippen LogP contribution in [0.1, 0.15) is 37.7 Å². The van der Waals surface area contributed by atoms with Crippen molar-refractivity contribution in [2.45, 2.75) is 56.0 Å². The predicted molar refractivity (Wildman–Crippen MR) is 79.1 cm³/mol. The Hall–Kier alpha value is -0.730. The number of nitrogens with one attached hydrogen (secondary N) is 1. The molecule has 1 fully saturated rings. The molecule has 3 atom stereocenters. The molecule has 0 aromatic heterocycles. The average Bonchev–Trinajstić information content (AvgIpc) is 2.73. The molecule has 3 heteroatoms. The highest BCUT2D eigenvalue weighted by atomic mass is 35.5.